The van der Waals surface area contributed by atoms with Crippen LogP contribution in [0.5, 0.6) is 0 Å². The quantitative estimate of drug-likeness (QED) is 0.821. The lowest BCUT2D eigenvalue weighted by atomic mass is 9.94. The molecule has 0 radical (unpaired) electrons. The van der Waals surface area contributed by atoms with Gasteiger partial charge in [0.25, 0.3) is 5.91 Å². The van der Waals surface area contributed by atoms with Crippen molar-refractivity contribution in [3.8, 4) is 0 Å². The Morgan fingerprint density at radius 3 is 2.95 bits per heavy atom. The highest BCUT2D eigenvalue weighted by Gasteiger charge is 2.36. The van der Waals surface area contributed by atoms with E-state index in [0.29, 0.717) is 43.1 Å². The van der Waals surface area contributed by atoms with Gasteiger partial charge in [-0.05, 0) is 26.7 Å². The molecule has 1 saturated heterocycles. The molecule has 2 heterocycles. The van der Waals surface area contributed by atoms with Crippen molar-refractivity contribution < 1.29 is 14.6 Å². The molecule has 6 heteroatoms. The molecule has 1 aliphatic heterocycles. The first-order valence-electron chi connectivity index (χ1n) is 6.38. The van der Waals surface area contributed by atoms with E-state index in [2.05, 4.69) is 15.3 Å². The average molecular weight is 265 g/mol. The first-order valence-corrected chi connectivity index (χ1v) is 6.38. The monoisotopic (exact) mass is 265 g/mol. The summed E-state index contributed by atoms with van der Waals surface area (Å²) in [4.78, 5) is 20.5. The highest BCUT2D eigenvalue weighted by Crippen LogP contribution is 2.23. The van der Waals surface area contributed by atoms with Crippen molar-refractivity contribution in [2.75, 3.05) is 19.8 Å². The molecular formula is C13H19N3O3. The molecular weight excluding hydrogens is 246 g/mol. The summed E-state index contributed by atoms with van der Waals surface area (Å²) in [6.07, 6.45) is 2.74. The zero-order valence-electron chi connectivity index (χ0n) is 11.3. The molecule has 0 aromatic carbocycles. The van der Waals surface area contributed by atoms with Gasteiger partial charge in [0.1, 0.15) is 5.82 Å². The average Bonchev–Trinajstić information content (AvgIpc) is 2.77. The molecule has 0 spiro atoms. The molecule has 1 aromatic heterocycles. The van der Waals surface area contributed by atoms with Gasteiger partial charge in [-0.2, -0.15) is 0 Å². The maximum absolute atomic E-state index is 12.3. The zero-order valence-corrected chi connectivity index (χ0v) is 11.3. The maximum atomic E-state index is 12.3. The first-order chi connectivity index (χ1) is 9.06. The van der Waals surface area contributed by atoms with E-state index >= 15 is 0 Å². The normalized spacial score (nSPS) is 22.5. The number of rotatable bonds is 4. The lowest BCUT2D eigenvalue weighted by molar-refractivity contribution is 0.0849. The van der Waals surface area contributed by atoms with Gasteiger partial charge in [-0.15, -0.1) is 0 Å². The summed E-state index contributed by atoms with van der Waals surface area (Å²) in [5.74, 6) is 0.430. The summed E-state index contributed by atoms with van der Waals surface area (Å²) in [6.45, 7) is 4.63. The van der Waals surface area contributed by atoms with Crippen LogP contribution in [0.15, 0.2) is 6.20 Å². The molecule has 1 fully saturated rings. The van der Waals surface area contributed by atoms with Gasteiger partial charge in [-0.3, -0.25) is 4.79 Å². The number of hydrogen-bond acceptors (Lipinski definition) is 5. The van der Waals surface area contributed by atoms with E-state index in [9.17, 15) is 4.79 Å². The number of nitrogens with zero attached hydrogens (tertiary/aromatic N) is 2. The minimum Gasteiger partial charge on any atom is -0.396 e. The van der Waals surface area contributed by atoms with E-state index in [1.807, 2.05) is 0 Å². The van der Waals surface area contributed by atoms with E-state index < -0.39 is 5.54 Å². The molecule has 19 heavy (non-hydrogen) atoms. The van der Waals surface area contributed by atoms with E-state index in [0.717, 1.165) is 0 Å². The number of aliphatic hydroxyl groups excluding tert-OH is 1. The molecule has 2 N–H and O–H groups in total. The van der Waals surface area contributed by atoms with Crippen molar-refractivity contribution in [2.45, 2.75) is 32.2 Å². The Morgan fingerprint density at radius 1 is 1.58 bits per heavy atom. The summed E-state index contributed by atoms with van der Waals surface area (Å²) in [7, 11) is 0. The van der Waals surface area contributed by atoms with Gasteiger partial charge >= 0.3 is 0 Å². The maximum Gasteiger partial charge on any atom is 0.255 e. The number of aromatic nitrogens is 2. The van der Waals surface area contributed by atoms with Crippen LogP contribution in [0.3, 0.4) is 0 Å². The Kier molecular flexibility index (Phi) is 4.11. The third-order valence-corrected chi connectivity index (χ3v) is 3.42. The van der Waals surface area contributed by atoms with Crippen LogP contribution < -0.4 is 5.32 Å². The van der Waals surface area contributed by atoms with Crippen LogP contribution in [0.4, 0.5) is 0 Å². The Hall–Kier alpha value is -1.53. The molecule has 1 amide bonds. The Balaban J connectivity index is 2.15. The number of hydrogen-bond donors (Lipinski definition) is 2. The van der Waals surface area contributed by atoms with Crippen LogP contribution in [0, 0.1) is 13.8 Å². The van der Waals surface area contributed by atoms with Crippen LogP contribution in [-0.2, 0) is 4.74 Å². The van der Waals surface area contributed by atoms with Gasteiger partial charge in [0.05, 0.1) is 23.4 Å². The molecule has 1 unspecified atom stereocenters. The molecule has 0 saturated carbocycles. The molecule has 6 nitrogen and oxygen atoms in total. The third-order valence-electron chi connectivity index (χ3n) is 3.42. The van der Waals surface area contributed by atoms with Crippen LogP contribution in [0.1, 0.15) is 34.7 Å². The van der Waals surface area contributed by atoms with Gasteiger partial charge in [0, 0.05) is 19.4 Å². The van der Waals surface area contributed by atoms with Gasteiger partial charge in [0.2, 0.25) is 0 Å². The number of nitrogens with one attached hydrogen (secondary N) is 1. The van der Waals surface area contributed by atoms with Crippen molar-refractivity contribution in [3.05, 3.63) is 23.3 Å². The van der Waals surface area contributed by atoms with E-state index in [-0.39, 0.29) is 12.5 Å². The number of carbonyl (C=O) groups is 1. The molecule has 0 aliphatic carbocycles. The fourth-order valence-corrected chi connectivity index (χ4v) is 2.29. The fraction of sp³-hybridized carbons (Fsp3) is 0.615. The van der Waals surface area contributed by atoms with Crippen LogP contribution in [0.2, 0.25) is 0 Å². The molecule has 2 rings (SSSR count). The first kappa shape index (κ1) is 13.9. The van der Waals surface area contributed by atoms with Crippen molar-refractivity contribution in [3.63, 3.8) is 0 Å². The standard InChI is InChI=1S/C13H19N3O3/c1-9-11(7-14-10(2)15-9)12(18)16-13(3-5-17)4-6-19-8-13/h7,17H,3-6,8H2,1-2H3,(H,16,18). The SMILES string of the molecule is Cc1ncc(C(=O)NC2(CCO)CCOC2)c(C)n1. The fourth-order valence-electron chi connectivity index (χ4n) is 2.29. The zero-order chi connectivity index (χ0) is 13.9. The Labute approximate surface area is 112 Å². The lowest BCUT2D eigenvalue weighted by Gasteiger charge is -2.28. The predicted molar refractivity (Wildman–Crippen MR) is 68.8 cm³/mol. The predicted octanol–water partition coefficient (Wildman–Crippen LogP) is 0.365. The minimum atomic E-state index is -0.469. The van der Waals surface area contributed by atoms with Crippen molar-refractivity contribution >= 4 is 5.91 Å². The highest BCUT2D eigenvalue weighted by molar-refractivity contribution is 5.95. The van der Waals surface area contributed by atoms with Crippen molar-refractivity contribution in [1.82, 2.24) is 15.3 Å². The Morgan fingerprint density at radius 2 is 2.37 bits per heavy atom. The van der Waals surface area contributed by atoms with Crippen molar-refractivity contribution in [1.29, 1.82) is 0 Å². The van der Waals surface area contributed by atoms with E-state index in [1.165, 1.54) is 6.20 Å². The topological polar surface area (TPSA) is 84.3 Å². The molecule has 1 aliphatic rings. The summed E-state index contributed by atoms with van der Waals surface area (Å²) < 4.78 is 5.34. The second-order valence-corrected chi connectivity index (χ2v) is 4.93. The summed E-state index contributed by atoms with van der Waals surface area (Å²) in [5.41, 5.74) is 0.654. The Bertz CT molecular complexity index is 470. The van der Waals surface area contributed by atoms with Crippen molar-refractivity contribution in [2.24, 2.45) is 0 Å². The van der Waals surface area contributed by atoms with Crippen LogP contribution in [0.25, 0.3) is 0 Å². The largest absolute Gasteiger partial charge is 0.396 e. The number of aliphatic hydroxyl groups is 1. The summed E-state index contributed by atoms with van der Waals surface area (Å²) in [6, 6.07) is 0. The second-order valence-electron chi connectivity index (χ2n) is 4.93. The molecule has 1 aromatic rings. The minimum absolute atomic E-state index is 0.0209. The van der Waals surface area contributed by atoms with Crippen LogP contribution >= 0.6 is 0 Å². The van der Waals surface area contributed by atoms with Gasteiger partial charge < -0.3 is 15.2 Å². The van der Waals surface area contributed by atoms with Crippen LogP contribution in [-0.4, -0.2) is 46.3 Å². The molecule has 1 atom stereocenters. The van der Waals surface area contributed by atoms with Gasteiger partial charge in [-0.1, -0.05) is 0 Å². The lowest BCUT2D eigenvalue weighted by Crippen LogP contribution is -2.50. The molecule has 0 bridgehead atoms. The number of amides is 1. The van der Waals surface area contributed by atoms with Gasteiger partial charge in [-0.25, -0.2) is 9.97 Å². The number of aryl methyl sites for hydroxylation is 2. The highest BCUT2D eigenvalue weighted by atomic mass is 16.5. The number of ether oxygens (including phenoxy) is 1. The van der Waals surface area contributed by atoms with E-state index in [1.54, 1.807) is 13.8 Å². The summed E-state index contributed by atoms with van der Waals surface area (Å²) >= 11 is 0. The third kappa shape index (κ3) is 3.08. The smallest absolute Gasteiger partial charge is 0.255 e. The number of carbonyl (C=O) groups excluding carboxylic acids is 1. The molecule has 104 valence electrons. The van der Waals surface area contributed by atoms with Gasteiger partial charge in [0.15, 0.2) is 0 Å². The summed E-state index contributed by atoms with van der Waals surface area (Å²) in [5, 5.41) is 12.1. The second kappa shape index (κ2) is 5.63. The van der Waals surface area contributed by atoms with E-state index in [4.69, 9.17) is 9.84 Å².